The predicted octanol–water partition coefficient (Wildman–Crippen LogP) is 4.30. The number of carbonyl (C=O) groups excluding carboxylic acids is 1. The molecule has 0 fully saturated rings. The van der Waals surface area contributed by atoms with E-state index in [0.29, 0.717) is 29.1 Å². The van der Waals surface area contributed by atoms with E-state index in [4.69, 9.17) is 11.6 Å². The van der Waals surface area contributed by atoms with E-state index in [1.807, 2.05) is 19.1 Å². The van der Waals surface area contributed by atoms with Gasteiger partial charge in [-0.2, -0.15) is 0 Å². The van der Waals surface area contributed by atoms with Crippen molar-refractivity contribution in [2.75, 3.05) is 0 Å². The van der Waals surface area contributed by atoms with Gasteiger partial charge in [-0.1, -0.05) is 56.2 Å². The van der Waals surface area contributed by atoms with Crippen LogP contribution in [-0.4, -0.2) is 34.6 Å². The van der Waals surface area contributed by atoms with Crippen molar-refractivity contribution in [2.24, 2.45) is 4.99 Å². The van der Waals surface area contributed by atoms with Crippen molar-refractivity contribution in [1.29, 1.82) is 0 Å². The highest BCUT2D eigenvalue weighted by Gasteiger charge is 2.28. The summed E-state index contributed by atoms with van der Waals surface area (Å²) in [6.07, 6.45) is 5.49. The molecule has 0 saturated heterocycles. The van der Waals surface area contributed by atoms with Gasteiger partial charge in [-0.05, 0) is 43.9 Å². The zero-order valence-electron chi connectivity index (χ0n) is 18.3. The SMILES string of the molecule is C=C(C=NC(Cl)=CC)Cc1cc(C(=O)NC(C)C(O)CCCC)[n+](O)c2ccccc12. The molecule has 1 aromatic carbocycles. The summed E-state index contributed by atoms with van der Waals surface area (Å²) in [4.78, 5) is 17.0. The molecule has 0 spiro atoms. The van der Waals surface area contributed by atoms with Crippen molar-refractivity contribution in [2.45, 2.75) is 58.6 Å². The largest absolute Gasteiger partial charge is 0.391 e. The Kier molecular flexibility index (Phi) is 9.21. The third kappa shape index (κ3) is 6.64. The van der Waals surface area contributed by atoms with E-state index in [0.717, 1.165) is 28.5 Å². The van der Waals surface area contributed by atoms with Crippen LogP contribution in [0.4, 0.5) is 0 Å². The molecule has 0 aliphatic heterocycles. The number of nitrogens with one attached hydrogen (secondary N) is 1. The maximum absolute atomic E-state index is 12.9. The second kappa shape index (κ2) is 11.6. The molecule has 6 nitrogen and oxygen atoms in total. The van der Waals surface area contributed by atoms with Gasteiger partial charge in [-0.3, -0.25) is 10.0 Å². The third-order valence-electron chi connectivity index (χ3n) is 5.07. The van der Waals surface area contributed by atoms with Gasteiger partial charge in [0.2, 0.25) is 0 Å². The summed E-state index contributed by atoms with van der Waals surface area (Å²) in [6, 6.07) is 8.46. The fraction of sp³-hybridized carbons (Fsp3) is 0.375. The molecule has 1 aromatic heterocycles. The lowest BCUT2D eigenvalue weighted by molar-refractivity contribution is -0.885. The number of fused-ring (bicyclic) bond motifs is 1. The van der Waals surface area contributed by atoms with E-state index in [1.54, 1.807) is 44.3 Å². The van der Waals surface area contributed by atoms with Gasteiger partial charge in [-0.25, -0.2) is 4.99 Å². The van der Waals surface area contributed by atoms with Crippen LogP contribution in [0.3, 0.4) is 0 Å². The number of aliphatic imine (C=N–C) groups is 1. The number of pyridine rings is 1. The Bertz CT molecular complexity index is 1000. The molecule has 0 saturated carbocycles. The number of aromatic nitrogens is 1. The maximum atomic E-state index is 12.9. The fourth-order valence-electron chi connectivity index (χ4n) is 3.23. The number of aliphatic hydroxyl groups is 1. The van der Waals surface area contributed by atoms with Crippen LogP contribution >= 0.6 is 11.6 Å². The van der Waals surface area contributed by atoms with Gasteiger partial charge >= 0.3 is 11.6 Å². The molecule has 166 valence electrons. The van der Waals surface area contributed by atoms with Crippen LogP contribution in [-0.2, 0) is 6.42 Å². The number of unbranched alkanes of at least 4 members (excludes halogenated alkanes) is 1. The average Bonchev–Trinajstić information content (AvgIpc) is 2.77. The smallest absolute Gasteiger partial charge is 0.322 e. The quantitative estimate of drug-likeness (QED) is 0.221. The minimum Gasteiger partial charge on any atom is -0.391 e. The molecule has 0 aliphatic carbocycles. The van der Waals surface area contributed by atoms with E-state index in [-0.39, 0.29) is 5.69 Å². The minimum atomic E-state index is -0.650. The van der Waals surface area contributed by atoms with Crippen LogP contribution in [0.2, 0.25) is 0 Å². The number of allylic oxidation sites excluding steroid dienone is 2. The standard InChI is InChI=1S/C24H30ClN3O3/c1-5-7-12-22(29)17(4)27-24(30)21-14-18(13-16(3)15-26-23(25)6-2)19-10-8-9-11-20(19)28(21)31/h6,8-11,14-15,17,22,29H,3,5,7,12-13H2,1-2,4H3,(H-,27,30,31)/p+1. The summed E-state index contributed by atoms with van der Waals surface area (Å²) in [5.74, 6) is -0.464. The highest BCUT2D eigenvalue weighted by Crippen LogP contribution is 2.20. The summed E-state index contributed by atoms with van der Waals surface area (Å²) in [5.41, 5.74) is 2.11. The lowest BCUT2D eigenvalue weighted by Gasteiger charge is -2.19. The van der Waals surface area contributed by atoms with Crippen LogP contribution in [0.5, 0.6) is 0 Å². The summed E-state index contributed by atoms with van der Waals surface area (Å²) >= 11 is 5.91. The Morgan fingerprint density at radius 3 is 2.77 bits per heavy atom. The second-order valence-corrected chi connectivity index (χ2v) is 7.95. The number of carbonyl (C=O) groups is 1. The summed E-state index contributed by atoms with van der Waals surface area (Å²) in [7, 11) is 0. The number of rotatable bonds is 10. The molecule has 3 N–H and O–H groups in total. The topological polar surface area (TPSA) is 85.8 Å². The monoisotopic (exact) mass is 444 g/mol. The average molecular weight is 445 g/mol. The molecule has 2 unspecified atom stereocenters. The number of para-hydroxylation sites is 1. The second-order valence-electron chi connectivity index (χ2n) is 7.56. The number of hydrogen-bond donors (Lipinski definition) is 3. The Morgan fingerprint density at radius 2 is 2.10 bits per heavy atom. The van der Waals surface area contributed by atoms with Crippen LogP contribution < -0.4 is 10.0 Å². The Labute approximate surface area is 188 Å². The van der Waals surface area contributed by atoms with Gasteiger partial charge in [0.05, 0.1) is 17.5 Å². The highest BCUT2D eigenvalue weighted by atomic mass is 35.5. The van der Waals surface area contributed by atoms with E-state index in [1.165, 1.54) is 0 Å². The van der Waals surface area contributed by atoms with Crippen molar-refractivity contribution < 1.29 is 19.8 Å². The van der Waals surface area contributed by atoms with Crippen LogP contribution in [0.25, 0.3) is 10.9 Å². The molecule has 0 bridgehead atoms. The van der Waals surface area contributed by atoms with Gasteiger partial charge in [0, 0.05) is 23.1 Å². The first-order valence-electron chi connectivity index (χ1n) is 10.5. The van der Waals surface area contributed by atoms with Crippen LogP contribution in [0.15, 0.2) is 58.7 Å². The van der Waals surface area contributed by atoms with E-state index in [9.17, 15) is 15.1 Å². The van der Waals surface area contributed by atoms with Gasteiger partial charge in [-0.15, -0.1) is 0 Å². The number of amides is 1. The van der Waals surface area contributed by atoms with Crippen LogP contribution in [0.1, 0.15) is 56.1 Å². The van der Waals surface area contributed by atoms with E-state index >= 15 is 0 Å². The van der Waals surface area contributed by atoms with Crippen molar-refractivity contribution in [1.82, 2.24) is 5.32 Å². The van der Waals surface area contributed by atoms with Crippen molar-refractivity contribution in [3.8, 4) is 0 Å². The van der Waals surface area contributed by atoms with Gasteiger partial charge in [0.1, 0.15) is 5.16 Å². The number of nitrogens with zero attached hydrogens (tertiary/aromatic N) is 2. The number of benzene rings is 1. The molecule has 2 aromatic rings. The first-order chi connectivity index (χ1) is 14.8. The Hall–Kier alpha value is -2.70. The lowest BCUT2D eigenvalue weighted by Crippen LogP contribution is -2.47. The van der Waals surface area contributed by atoms with Crippen molar-refractivity contribution in [3.05, 3.63) is 65.0 Å². The number of halogens is 1. The Morgan fingerprint density at radius 1 is 1.39 bits per heavy atom. The van der Waals surface area contributed by atoms with Crippen molar-refractivity contribution >= 4 is 34.6 Å². The molecule has 2 rings (SSSR count). The third-order valence-corrected chi connectivity index (χ3v) is 5.38. The fourth-order valence-corrected chi connectivity index (χ4v) is 3.28. The number of aliphatic hydroxyl groups excluding tert-OH is 1. The Balaban J connectivity index is 2.35. The zero-order valence-corrected chi connectivity index (χ0v) is 19.1. The molecular formula is C24H31ClN3O3+. The normalized spacial score (nSPS) is 14.0. The summed E-state index contributed by atoms with van der Waals surface area (Å²) in [5, 5.41) is 24.9. The number of hydrogen-bond acceptors (Lipinski definition) is 4. The lowest BCUT2D eigenvalue weighted by atomic mass is 10.0. The highest BCUT2D eigenvalue weighted by molar-refractivity contribution is 6.29. The first kappa shape index (κ1) is 24.6. The molecule has 1 heterocycles. The van der Waals surface area contributed by atoms with Gasteiger partial charge in [0.25, 0.3) is 5.52 Å². The minimum absolute atomic E-state index is 0.0828. The molecule has 31 heavy (non-hydrogen) atoms. The molecule has 2 atom stereocenters. The summed E-state index contributed by atoms with van der Waals surface area (Å²) < 4.78 is 0.882. The first-order valence-corrected chi connectivity index (χ1v) is 10.8. The molecule has 0 aliphatic rings. The summed E-state index contributed by atoms with van der Waals surface area (Å²) in [6.45, 7) is 9.62. The molecular weight excluding hydrogens is 414 g/mol. The van der Waals surface area contributed by atoms with E-state index in [2.05, 4.69) is 16.9 Å². The maximum Gasteiger partial charge on any atom is 0.322 e. The molecule has 7 heteroatoms. The predicted molar refractivity (Wildman–Crippen MR) is 125 cm³/mol. The van der Waals surface area contributed by atoms with Gasteiger partial charge < -0.3 is 10.4 Å². The van der Waals surface area contributed by atoms with Gasteiger partial charge in [0.15, 0.2) is 0 Å². The zero-order chi connectivity index (χ0) is 23.0. The molecule has 0 radical (unpaired) electrons. The molecule has 1 amide bonds. The van der Waals surface area contributed by atoms with Crippen molar-refractivity contribution in [3.63, 3.8) is 0 Å². The van der Waals surface area contributed by atoms with Crippen LogP contribution in [0, 0.1) is 0 Å². The van der Waals surface area contributed by atoms with E-state index < -0.39 is 18.1 Å².